The average molecular weight is 489 g/mol. The first-order chi connectivity index (χ1) is 16.6. The molecule has 2 heterocycles. The van der Waals surface area contributed by atoms with Gasteiger partial charge in [0.15, 0.2) is 11.5 Å². The largest absolute Gasteiger partial charge is 0.490 e. The first kappa shape index (κ1) is 24.6. The summed E-state index contributed by atoms with van der Waals surface area (Å²) in [5.41, 5.74) is 0.555. The highest BCUT2D eigenvalue weighted by molar-refractivity contribution is 7.15. The number of aromatic nitrogens is 2. The SMILES string of the molecule is CCOc1cc(C(=O)N2CCN(c3nnc(C4CCCCC4)s3)CC2)cc(OCC)c1OCC. The van der Waals surface area contributed by atoms with Crippen LogP contribution < -0.4 is 19.1 Å². The molecule has 1 aliphatic carbocycles. The van der Waals surface area contributed by atoms with Crippen molar-refractivity contribution in [1.82, 2.24) is 15.1 Å². The zero-order valence-electron chi connectivity index (χ0n) is 20.5. The maximum Gasteiger partial charge on any atom is 0.254 e. The van der Waals surface area contributed by atoms with Gasteiger partial charge in [0.1, 0.15) is 5.01 Å². The van der Waals surface area contributed by atoms with Crippen molar-refractivity contribution in [2.75, 3.05) is 50.9 Å². The van der Waals surface area contributed by atoms with E-state index in [4.69, 9.17) is 14.2 Å². The van der Waals surface area contributed by atoms with Crippen molar-refractivity contribution >= 4 is 22.4 Å². The number of nitrogens with zero attached hydrogens (tertiary/aromatic N) is 4. The molecule has 2 aromatic rings. The van der Waals surface area contributed by atoms with Crippen molar-refractivity contribution in [3.8, 4) is 17.2 Å². The van der Waals surface area contributed by atoms with E-state index >= 15 is 0 Å². The highest BCUT2D eigenvalue weighted by Gasteiger charge is 2.27. The molecule has 0 unspecified atom stereocenters. The molecule has 0 radical (unpaired) electrons. The van der Waals surface area contributed by atoms with Gasteiger partial charge in [-0.25, -0.2) is 0 Å². The summed E-state index contributed by atoms with van der Waals surface area (Å²) in [5.74, 6) is 2.19. The fraction of sp³-hybridized carbons (Fsp3) is 0.640. The number of benzene rings is 1. The first-order valence-electron chi connectivity index (χ1n) is 12.6. The lowest BCUT2D eigenvalue weighted by Crippen LogP contribution is -2.48. The van der Waals surface area contributed by atoms with E-state index in [1.165, 1.54) is 37.1 Å². The highest BCUT2D eigenvalue weighted by Crippen LogP contribution is 2.40. The Balaban J connectivity index is 1.43. The first-order valence-corrected chi connectivity index (χ1v) is 13.4. The summed E-state index contributed by atoms with van der Waals surface area (Å²) in [6.45, 7) is 9.96. The van der Waals surface area contributed by atoms with E-state index in [1.54, 1.807) is 23.5 Å². The number of rotatable bonds is 9. The minimum atomic E-state index is -0.0234. The Morgan fingerprint density at radius 3 is 2.12 bits per heavy atom. The Hall–Kier alpha value is -2.55. The summed E-state index contributed by atoms with van der Waals surface area (Å²) in [7, 11) is 0. The summed E-state index contributed by atoms with van der Waals surface area (Å²) in [4.78, 5) is 17.5. The molecule has 1 aliphatic heterocycles. The van der Waals surface area contributed by atoms with E-state index in [0.29, 0.717) is 61.6 Å². The van der Waals surface area contributed by atoms with Crippen LogP contribution in [0.1, 0.15) is 74.2 Å². The van der Waals surface area contributed by atoms with Gasteiger partial charge >= 0.3 is 0 Å². The summed E-state index contributed by atoms with van der Waals surface area (Å²) in [6.07, 6.45) is 6.38. The predicted octanol–water partition coefficient (Wildman–Crippen LogP) is 4.74. The fourth-order valence-corrected chi connectivity index (χ4v) is 5.73. The molecule has 8 nitrogen and oxygen atoms in total. The standard InChI is InChI=1S/C25H36N4O4S/c1-4-31-20-16-19(17-21(32-5-2)22(20)33-6-3)24(30)28-12-14-29(15-13-28)25-27-26-23(34-25)18-10-8-7-9-11-18/h16-18H,4-15H2,1-3H3. The molecule has 0 atom stereocenters. The molecule has 2 aliphatic rings. The molecule has 1 aromatic heterocycles. The number of ether oxygens (including phenoxy) is 3. The van der Waals surface area contributed by atoms with Gasteiger partial charge in [0.25, 0.3) is 5.91 Å². The van der Waals surface area contributed by atoms with Crippen molar-refractivity contribution in [3.05, 3.63) is 22.7 Å². The minimum absolute atomic E-state index is 0.0234. The topological polar surface area (TPSA) is 77.0 Å². The Kier molecular flexibility index (Phi) is 8.48. The molecule has 1 saturated heterocycles. The molecule has 9 heteroatoms. The summed E-state index contributed by atoms with van der Waals surface area (Å²) >= 11 is 1.73. The molecule has 0 bridgehead atoms. The Labute approximate surface area is 206 Å². The van der Waals surface area contributed by atoms with Gasteiger partial charge < -0.3 is 24.0 Å². The van der Waals surface area contributed by atoms with Crippen molar-refractivity contribution < 1.29 is 19.0 Å². The molecule has 34 heavy (non-hydrogen) atoms. The van der Waals surface area contributed by atoms with E-state index in [1.807, 2.05) is 25.7 Å². The summed E-state index contributed by atoms with van der Waals surface area (Å²) < 4.78 is 17.3. The van der Waals surface area contributed by atoms with Crippen LogP contribution in [0.2, 0.25) is 0 Å². The second-order valence-corrected chi connectivity index (χ2v) is 9.63. The van der Waals surface area contributed by atoms with Gasteiger partial charge in [-0.05, 0) is 45.7 Å². The second-order valence-electron chi connectivity index (χ2n) is 8.64. The minimum Gasteiger partial charge on any atom is -0.490 e. The van der Waals surface area contributed by atoms with Crippen LogP contribution in [-0.2, 0) is 0 Å². The quantitative estimate of drug-likeness (QED) is 0.504. The summed E-state index contributed by atoms with van der Waals surface area (Å²) in [6, 6.07) is 3.54. The van der Waals surface area contributed by atoms with Crippen molar-refractivity contribution in [3.63, 3.8) is 0 Å². The molecule has 1 aromatic carbocycles. The third kappa shape index (κ3) is 5.56. The van der Waals surface area contributed by atoms with E-state index in [9.17, 15) is 4.79 Å². The zero-order valence-corrected chi connectivity index (χ0v) is 21.4. The Bertz CT molecular complexity index is 925. The van der Waals surface area contributed by atoms with Gasteiger partial charge in [-0.1, -0.05) is 30.6 Å². The van der Waals surface area contributed by atoms with Crippen LogP contribution >= 0.6 is 11.3 Å². The number of piperazine rings is 1. The predicted molar refractivity (Wildman–Crippen MR) is 134 cm³/mol. The molecule has 1 amide bonds. The third-order valence-corrected chi connectivity index (χ3v) is 7.52. The maximum absolute atomic E-state index is 13.4. The van der Waals surface area contributed by atoms with E-state index in [0.717, 1.165) is 18.2 Å². The maximum atomic E-state index is 13.4. The molecule has 4 rings (SSSR count). The number of hydrogen-bond donors (Lipinski definition) is 0. The van der Waals surface area contributed by atoms with E-state index < -0.39 is 0 Å². The van der Waals surface area contributed by atoms with Crippen LogP contribution in [0.5, 0.6) is 17.2 Å². The molecular weight excluding hydrogens is 452 g/mol. The zero-order chi connectivity index (χ0) is 23.9. The van der Waals surface area contributed by atoms with Gasteiger partial charge in [-0.2, -0.15) is 0 Å². The second kappa shape index (κ2) is 11.7. The summed E-state index contributed by atoms with van der Waals surface area (Å²) in [5, 5.41) is 11.1. The van der Waals surface area contributed by atoms with Gasteiger partial charge in [0.2, 0.25) is 10.9 Å². The lowest BCUT2D eigenvalue weighted by atomic mass is 9.90. The number of anilines is 1. The van der Waals surface area contributed by atoms with Gasteiger partial charge in [-0.15, -0.1) is 10.2 Å². The van der Waals surface area contributed by atoms with Crippen LogP contribution in [0.4, 0.5) is 5.13 Å². The molecule has 2 fully saturated rings. The van der Waals surface area contributed by atoms with E-state index in [2.05, 4.69) is 15.1 Å². The molecule has 0 N–H and O–H groups in total. The molecule has 0 spiro atoms. The highest BCUT2D eigenvalue weighted by atomic mass is 32.1. The average Bonchev–Trinajstić information content (AvgIpc) is 3.37. The normalized spacial score (nSPS) is 17.0. The van der Waals surface area contributed by atoms with Gasteiger partial charge in [0, 0.05) is 37.7 Å². The van der Waals surface area contributed by atoms with Gasteiger partial charge in [0.05, 0.1) is 19.8 Å². The Morgan fingerprint density at radius 1 is 0.912 bits per heavy atom. The number of carbonyl (C=O) groups excluding carboxylic acids is 1. The lowest BCUT2D eigenvalue weighted by molar-refractivity contribution is 0.0745. The number of hydrogen-bond acceptors (Lipinski definition) is 8. The van der Waals surface area contributed by atoms with Crippen LogP contribution in [0, 0.1) is 0 Å². The smallest absolute Gasteiger partial charge is 0.254 e. The van der Waals surface area contributed by atoms with Gasteiger partial charge in [-0.3, -0.25) is 4.79 Å². The van der Waals surface area contributed by atoms with Crippen molar-refractivity contribution in [1.29, 1.82) is 0 Å². The van der Waals surface area contributed by atoms with Crippen molar-refractivity contribution in [2.45, 2.75) is 58.8 Å². The fourth-order valence-electron chi connectivity index (χ4n) is 4.66. The number of amides is 1. The van der Waals surface area contributed by atoms with Crippen molar-refractivity contribution in [2.24, 2.45) is 0 Å². The molecule has 1 saturated carbocycles. The monoisotopic (exact) mass is 488 g/mol. The van der Waals surface area contributed by atoms with Crippen LogP contribution in [-0.4, -0.2) is 67.0 Å². The van der Waals surface area contributed by atoms with Crippen LogP contribution in [0.3, 0.4) is 0 Å². The lowest BCUT2D eigenvalue weighted by Gasteiger charge is -2.34. The number of carbonyl (C=O) groups is 1. The molecule has 186 valence electrons. The van der Waals surface area contributed by atoms with E-state index in [-0.39, 0.29) is 5.91 Å². The Morgan fingerprint density at radius 2 is 1.53 bits per heavy atom. The molecular formula is C25H36N4O4S. The van der Waals surface area contributed by atoms with Crippen LogP contribution in [0.15, 0.2) is 12.1 Å². The third-order valence-electron chi connectivity index (χ3n) is 6.38. The van der Waals surface area contributed by atoms with Crippen LogP contribution in [0.25, 0.3) is 0 Å².